The lowest BCUT2D eigenvalue weighted by atomic mass is 9.96. The van der Waals surface area contributed by atoms with Crippen LogP contribution in [0.4, 0.5) is 23.0 Å². The maximum Gasteiger partial charge on any atom is 0.352 e. The van der Waals surface area contributed by atoms with Crippen LogP contribution in [0.1, 0.15) is 89.2 Å². The molecule has 15 nitrogen and oxygen atoms in total. The third-order valence-corrected chi connectivity index (χ3v) is 9.09. The molecule has 4 aromatic rings. The number of halogens is 2. The SMILES string of the molecule is COc1nc2c(cc1Cl)C(=O)C([N+](=O)[O-])C(=O)N2c1c(C)ccnc1C(C)C.COc1nc2c(cc1Cl)C(=O)CC(=O)N2c1c(C)ccnc1C(C)C. The Bertz CT molecular complexity index is 2190. The Morgan fingerprint density at radius 2 is 1.25 bits per heavy atom. The molecule has 1 unspecified atom stereocenters. The van der Waals surface area contributed by atoms with Gasteiger partial charge in [0.2, 0.25) is 23.5 Å². The first-order chi connectivity index (χ1) is 25.0. The van der Waals surface area contributed by atoms with E-state index in [1.165, 1.54) is 31.3 Å². The third-order valence-electron chi connectivity index (χ3n) is 8.55. The summed E-state index contributed by atoms with van der Waals surface area (Å²) in [6.07, 6.45) is 3.07. The number of amides is 2. The summed E-state index contributed by atoms with van der Waals surface area (Å²) in [7, 11) is 2.78. The van der Waals surface area contributed by atoms with Crippen LogP contribution in [-0.2, 0) is 9.59 Å². The fraction of sp³-hybridized carbons (Fsp3) is 0.333. The lowest BCUT2D eigenvalue weighted by Crippen LogP contribution is -2.50. The molecule has 4 aromatic heterocycles. The van der Waals surface area contributed by atoms with Crippen molar-refractivity contribution in [3.63, 3.8) is 0 Å². The van der Waals surface area contributed by atoms with E-state index in [0.29, 0.717) is 28.2 Å². The van der Waals surface area contributed by atoms with E-state index in [9.17, 15) is 29.3 Å². The van der Waals surface area contributed by atoms with Crippen LogP contribution in [-0.4, -0.2) is 68.5 Å². The molecule has 6 heterocycles. The quantitative estimate of drug-likeness (QED) is 0.108. The van der Waals surface area contributed by atoms with Gasteiger partial charge in [-0.2, -0.15) is 9.97 Å². The standard InChI is InChI=1S/C18H17ClN4O5.C18H18ClN3O3/c1-8(2)12-13(9(3)5-6-20-12)22-16-10(7-11(19)17(21-16)28-4)15(24)14(18(22)25)23(26)27;1-9(2)15-16(10(3)5-6-20-15)22-14(24)8-13(23)11-7-12(19)18(25-4)21-17(11)22/h5-8,14H,1-4H3;5-7,9H,8H2,1-4H3. The summed E-state index contributed by atoms with van der Waals surface area (Å²) in [6, 6.07) is 4.17. The van der Waals surface area contributed by atoms with Gasteiger partial charge in [-0.1, -0.05) is 50.9 Å². The Kier molecular flexibility index (Phi) is 11.1. The average molecular weight is 765 g/mol. The van der Waals surface area contributed by atoms with E-state index in [-0.39, 0.29) is 69.0 Å². The molecule has 0 fully saturated rings. The van der Waals surface area contributed by atoms with Crippen molar-refractivity contribution in [2.75, 3.05) is 24.0 Å². The summed E-state index contributed by atoms with van der Waals surface area (Å²) >= 11 is 12.2. The van der Waals surface area contributed by atoms with Crippen molar-refractivity contribution >= 4 is 69.6 Å². The predicted octanol–water partition coefficient (Wildman–Crippen LogP) is 6.90. The first kappa shape index (κ1) is 38.7. The molecule has 6 rings (SSSR count). The zero-order valence-corrected chi connectivity index (χ0v) is 31.6. The molecule has 1 atom stereocenters. The zero-order chi connectivity index (χ0) is 39.0. The number of rotatable bonds is 7. The predicted molar refractivity (Wildman–Crippen MR) is 196 cm³/mol. The summed E-state index contributed by atoms with van der Waals surface area (Å²) in [4.78, 5) is 81.3. The van der Waals surface area contributed by atoms with E-state index in [1.54, 1.807) is 25.4 Å². The number of nitro groups is 1. The molecule has 0 bridgehead atoms. The first-order valence-corrected chi connectivity index (χ1v) is 17.1. The number of carbonyl (C=O) groups excluding carboxylic acids is 4. The monoisotopic (exact) mass is 763 g/mol. The van der Waals surface area contributed by atoms with Crippen molar-refractivity contribution in [1.29, 1.82) is 0 Å². The molecule has 0 aromatic carbocycles. The largest absolute Gasteiger partial charge is 0.480 e. The van der Waals surface area contributed by atoms with Gasteiger partial charge in [-0.05, 0) is 61.1 Å². The summed E-state index contributed by atoms with van der Waals surface area (Å²) in [6.45, 7) is 11.4. The second-order valence-electron chi connectivity index (χ2n) is 12.8. The second kappa shape index (κ2) is 15.2. The highest BCUT2D eigenvalue weighted by Gasteiger charge is 2.50. The Morgan fingerprint density at radius 3 is 1.70 bits per heavy atom. The number of ether oxygens (including phenoxy) is 2. The fourth-order valence-corrected chi connectivity index (χ4v) is 6.51. The number of pyridine rings is 4. The van der Waals surface area contributed by atoms with E-state index in [0.717, 1.165) is 16.2 Å². The lowest BCUT2D eigenvalue weighted by molar-refractivity contribution is -0.491. The number of Topliss-reactive ketones (excluding diaryl/α,β-unsaturated/α-hetero) is 2. The van der Waals surface area contributed by atoms with Crippen molar-refractivity contribution in [1.82, 2.24) is 19.9 Å². The Labute approximate surface area is 314 Å². The Hall–Kier alpha value is -5.54. The highest BCUT2D eigenvalue weighted by molar-refractivity contribution is 6.34. The molecule has 53 heavy (non-hydrogen) atoms. The summed E-state index contributed by atoms with van der Waals surface area (Å²) < 4.78 is 10.3. The van der Waals surface area contributed by atoms with Gasteiger partial charge in [0.1, 0.15) is 10.0 Å². The summed E-state index contributed by atoms with van der Waals surface area (Å²) in [5, 5.41) is 11.8. The van der Waals surface area contributed by atoms with Crippen LogP contribution in [0.15, 0.2) is 36.7 Å². The molecule has 0 saturated carbocycles. The highest BCUT2D eigenvalue weighted by atomic mass is 35.5. The number of fused-ring (bicyclic) bond motifs is 2. The highest BCUT2D eigenvalue weighted by Crippen LogP contribution is 2.43. The van der Waals surface area contributed by atoms with Gasteiger partial charge in [0.25, 0.3) is 0 Å². The van der Waals surface area contributed by atoms with Gasteiger partial charge in [-0.3, -0.25) is 49.1 Å². The van der Waals surface area contributed by atoms with E-state index < -0.39 is 22.7 Å². The first-order valence-electron chi connectivity index (χ1n) is 16.3. The maximum absolute atomic E-state index is 13.1. The van der Waals surface area contributed by atoms with Gasteiger partial charge < -0.3 is 9.47 Å². The number of anilines is 4. The van der Waals surface area contributed by atoms with Crippen LogP contribution in [0.25, 0.3) is 0 Å². The van der Waals surface area contributed by atoms with Crippen LogP contribution in [0.2, 0.25) is 10.0 Å². The molecule has 0 N–H and O–H groups in total. The van der Waals surface area contributed by atoms with Gasteiger partial charge >= 0.3 is 11.9 Å². The average Bonchev–Trinajstić information content (AvgIpc) is 3.09. The molecular formula is C36H35Cl2N7O8. The van der Waals surface area contributed by atoms with Gasteiger partial charge in [0.15, 0.2) is 17.4 Å². The minimum absolute atomic E-state index is 0.00166. The van der Waals surface area contributed by atoms with Crippen LogP contribution < -0.4 is 19.3 Å². The van der Waals surface area contributed by atoms with E-state index in [1.807, 2.05) is 40.7 Å². The minimum Gasteiger partial charge on any atom is -0.480 e. The smallest absolute Gasteiger partial charge is 0.352 e. The van der Waals surface area contributed by atoms with Gasteiger partial charge in [-0.25, -0.2) is 0 Å². The van der Waals surface area contributed by atoms with Gasteiger partial charge in [0, 0.05) is 17.3 Å². The molecule has 0 aliphatic carbocycles. The van der Waals surface area contributed by atoms with Crippen molar-refractivity contribution < 1.29 is 33.6 Å². The molecule has 0 spiro atoms. The maximum atomic E-state index is 13.1. The molecule has 2 amide bonds. The third kappa shape index (κ3) is 7.01. The lowest BCUT2D eigenvalue weighted by Gasteiger charge is -2.31. The number of carbonyl (C=O) groups is 4. The number of nitrogens with zero attached hydrogens (tertiary/aromatic N) is 7. The molecule has 276 valence electrons. The topological polar surface area (TPSA) is 188 Å². The van der Waals surface area contributed by atoms with E-state index in [4.69, 9.17) is 32.7 Å². The van der Waals surface area contributed by atoms with Crippen molar-refractivity contribution in [2.45, 2.75) is 65.8 Å². The van der Waals surface area contributed by atoms with Crippen molar-refractivity contribution in [3.05, 3.63) is 90.5 Å². The van der Waals surface area contributed by atoms with Gasteiger partial charge in [-0.15, -0.1) is 0 Å². The van der Waals surface area contributed by atoms with Gasteiger partial charge in [0.05, 0.1) is 54.5 Å². The molecule has 0 saturated heterocycles. The molecule has 2 aliphatic rings. The Morgan fingerprint density at radius 1 is 0.792 bits per heavy atom. The number of hydrogen-bond acceptors (Lipinski definition) is 12. The summed E-state index contributed by atoms with van der Waals surface area (Å²) in [5.41, 5.74) is 4.06. The number of ketones is 2. The molecule has 0 radical (unpaired) electrons. The normalized spacial score (nSPS) is 15.3. The van der Waals surface area contributed by atoms with Crippen LogP contribution >= 0.6 is 23.2 Å². The Balaban J connectivity index is 0.000000206. The van der Waals surface area contributed by atoms with Crippen molar-refractivity contribution in [2.24, 2.45) is 0 Å². The molecular weight excluding hydrogens is 729 g/mol. The van der Waals surface area contributed by atoms with Crippen LogP contribution in [0.3, 0.4) is 0 Å². The number of aromatic nitrogens is 4. The van der Waals surface area contributed by atoms with Crippen LogP contribution in [0.5, 0.6) is 11.8 Å². The number of methoxy groups -OCH3 is 2. The molecule has 2 aliphatic heterocycles. The second-order valence-corrected chi connectivity index (χ2v) is 13.6. The minimum atomic E-state index is -2.08. The fourth-order valence-electron chi connectivity index (χ4n) is 6.06. The van der Waals surface area contributed by atoms with Crippen LogP contribution in [0, 0.1) is 24.0 Å². The number of hydrogen-bond donors (Lipinski definition) is 0. The summed E-state index contributed by atoms with van der Waals surface area (Å²) in [5.74, 6) is -2.27. The number of aryl methyl sites for hydroxylation is 2. The van der Waals surface area contributed by atoms with E-state index >= 15 is 0 Å². The van der Waals surface area contributed by atoms with Crippen molar-refractivity contribution in [3.8, 4) is 11.8 Å². The van der Waals surface area contributed by atoms with E-state index in [2.05, 4.69) is 19.9 Å². The molecule has 17 heteroatoms. The zero-order valence-electron chi connectivity index (χ0n) is 30.1.